The lowest BCUT2D eigenvalue weighted by molar-refractivity contribution is 1.17. The van der Waals surface area contributed by atoms with Crippen LogP contribution in [0.2, 0.25) is 0 Å². The maximum atomic E-state index is 5.63. The van der Waals surface area contributed by atoms with E-state index in [0.717, 1.165) is 12.2 Å². The Labute approximate surface area is 93.0 Å². The highest BCUT2D eigenvalue weighted by molar-refractivity contribution is 7.11. The molecule has 0 saturated carbocycles. The van der Waals surface area contributed by atoms with Crippen molar-refractivity contribution in [1.82, 2.24) is 4.98 Å². The molecule has 0 aliphatic carbocycles. The molecule has 0 atom stereocenters. The van der Waals surface area contributed by atoms with E-state index in [1.807, 2.05) is 6.07 Å². The van der Waals surface area contributed by atoms with E-state index in [0.29, 0.717) is 5.69 Å². The van der Waals surface area contributed by atoms with Gasteiger partial charge in [-0.3, -0.25) is 4.98 Å². The van der Waals surface area contributed by atoms with Gasteiger partial charge >= 0.3 is 0 Å². The summed E-state index contributed by atoms with van der Waals surface area (Å²) in [5.41, 5.74) is 7.27. The molecule has 4 heteroatoms. The normalized spacial score (nSPS) is 10.2. The number of pyridine rings is 1. The van der Waals surface area contributed by atoms with E-state index in [2.05, 4.69) is 29.4 Å². The second kappa shape index (κ2) is 4.31. The van der Waals surface area contributed by atoms with Crippen LogP contribution >= 0.6 is 11.3 Å². The second-order valence-corrected chi connectivity index (χ2v) is 4.75. The molecule has 2 rings (SSSR count). The fourth-order valence-corrected chi connectivity index (χ4v) is 2.15. The Morgan fingerprint density at radius 1 is 1.40 bits per heavy atom. The number of anilines is 2. The minimum absolute atomic E-state index is 0.683. The Kier molecular flexibility index (Phi) is 2.87. The molecule has 0 aromatic carbocycles. The largest absolute Gasteiger partial charge is 0.397 e. The van der Waals surface area contributed by atoms with Crippen LogP contribution in [0.4, 0.5) is 11.4 Å². The number of nitrogens with one attached hydrogen (secondary N) is 1. The van der Waals surface area contributed by atoms with Crippen LogP contribution in [0, 0.1) is 6.92 Å². The summed E-state index contributed by atoms with van der Waals surface area (Å²) in [4.78, 5) is 6.66. The third-order valence-electron chi connectivity index (χ3n) is 2.02. The molecule has 0 aliphatic rings. The highest BCUT2D eigenvalue weighted by atomic mass is 32.1. The number of rotatable bonds is 3. The van der Waals surface area contributed by atoms with Gasteiger partial charge in [0.2, 0.25) is 0 Å². The molecule has 2 heterocycles. The van der Waals surface area contributed by atoms with Gasteiger partial charge < -0.3 is 11.1 Å². The Hall–Kier alpha value is -1.55. The average molecular weight is 219 g/mol. The van der Waals surface area contributed by atoms with Gasteiger partial charge in [0.25, 0.3) is 0 Å². The van der Waals surface area contributed by atoms with Gasteiger partial charge in [-0.15, -0.1) is 11.3 Å². The molecule has 0 spiro atoms. The van der Waals surface area contributed by atoms with Crippen molar-refractivity contribution in [3.8, 4) is 0 Å². The molecule has 0 radical (unpaired) electrons. The number of hydrogen-bond donors (Lipinski definition) is 2. The zero-order valence-corrected chi connectivity index (χ0v) is 9.34. The molecular weight excluding hydrogens is 206 g/mol. The molecule has 0 bridgehead atoms. The third-order valence-corrected chi connectivity index (χ3v) is 3.02. The minimum atomic E-state index is 0.683. The summed E-state index contributed by atoms with van der Waals surface area (Å²) in [7, 11) is 0. The van der Waals surface area contributed by atoms with Crippen LogP contribution in [0.25, 0.3) is 0 Å². The van der Waals surface area contributed by atoms with Crippen molar-refractivity contribution in [1.29, 1.82) is 0 Å². The SMILES string of the molecule is Cc1ccc(CNc2cncc(N)c2)s1. The van der Waals surface area contributed by atoms with E-state index in [9.17, 15) is 0 Å². The highest BCUT2D eigenvalue weighted by Crippen LogP contribution is 2.17. The summed E-state index contributed by atoms with van der Waals surface area (Å²) in [6.45, 7) is 2.93. The molecule has 3 N–H and O–H groups in total. The topological polar surface area (TPSA) is 50.9 Å². The fraction of sp³-hybridized carbons (Fsp3) is 0.182. The Morgan fingerprint density at radius 3 is 2.93 bits per heavy atom. The van der Waals surface area contributed by atoms with Crippen LogP contribution in [-0.2, 0) is 6.54 Å². The molecule has 0 unspecified atom stereocenters. The lowest BCUT2D eigenvalue weighted by atomic mass is 10.3. The Balaban J connectivity index is 1.99. The maximum Gasteiger partial charge on any atom is 0.0550 e. The molecule has 2 aromatic heterocycles. The summed E-state index contributed by atoms with van der Waals surface area (Å²) in [5.74, 6) is 0. The van der Waals surface area contributed by atoms with Gasteiger partial charge in [-0.1, -0.05) is 0 Å². The smallest absolute Gasteiger partial charge is 0.0550 e. The van der Waals surface area contributed by atoms with E-state index in [1.165, 1.54) is 9.75 Å². The monoisotopic (exact) mass is 219 g/mol. The first kappa shape index (κ1) is 9.98. The number of hydrogen-bond acceptors (Lipinski definition) is 4. The predicted octanol–water partition coefficient (Wildman–Crippen LogP) is 2.65. The highest BCUT2D eigenvalue weighted by Gasteiger charge is 1.97. The molecule has 0 amide bonds. The molecule has 2 aromatic rings. The van der Waals surface area contributed by atoms with Crippen molar-refractivity contribution >= 4 is 22.7 Å². The summed E-state index contributed by atoms with van der Waals surface area (Å²) in [6.07, 6.45) is 3.41. The van der Waals surface area contributed by atoms with E-state index in [4.69, 9.17) is 5.73 Å². The van der Waals surface area contributed by atoms with Crippen molar-refractivity contribution < 1.29 is 0 Å². The van der Waals surface area contributed by atoms with Crippen LogP contribution in [0.5, 0.6) is 0 Å². The van der Waals surface area contributed by atoms with Gasteiger partial charge in [-0.25, -0.2) is 0 Å². The molecule has 15 heavy (non-hydrogen) atoms. The van der Waals surface area contributed by atoms with Gasteiger partial charge in [0.1, 0.15) is 0 Å². The number of aromatic nitrogens is 1. The minimum Gasteiger partial charge on any atom is -0.397 e. The van der Waals surface area contributed by atoms with Crippen molar-refractivity contribution in [2.24, 2.45) is 0 Å². The molecule has 3 nitrogen and oxygen atoms in total. The molecule has 78 valence electrons. The van der Waals surface area contributed by atoms with E-state index >= 15 is 0 Å². The number of nitrogen functional groups attached to an aromatic ring is 1. The van der Waals surface area contributed by atoms with Crippen LogP contribution in [0.15, 0.2) is 30.6 Å². The molecule has 0 saturated heterocycles. The average Bonchev–Trinajstić information content (AvgIpc) is 2.62. The van der Waals surface area contributed by atoms with Gasteiger partial charge in [-0.05, 0) is 25.1 Å². The summed E-state index contributed by atoms with van der Waals surface area (Å²) in [5, 5.41) is 3.28. The van der Waals surface area contributed by atoms with Crippen LogP contribution in [-0.4, -0.2) is 4.98 Å². The first-order valence-electron chi connectivity index (χ1n) is 4.74. The number of nitrogens with zero attached hydrogens (tertiary/aromatic N) is 1. The number of aryl methyl sites for hydroxylation is 1. The molecule has 0 fully saturated rings. The van der Waals surface area contributed by atoms with E-state index in [1.54, 1.807) is 23.7 Å². The van der Waals surface area contributed by atoms with Crippen molar-refractivity contribution in [3.63, 3.8) is 0 Å². The van der Waals surface area contributed by atoms with Gasteiger partial charge in [-0.2, -0.15) is 0 Å². The zero-order valence-electron chi connectivity index (χ0n) is 8.53. The molecular formula is C11H13N3S. The number of thiophene rings is 1. The quantitative estimate of drug-likeness (QED) is 0.834. The Bertz CT molecular complexity index is 451. The van der Waals surface area contributed by atoms with Crippen LogP contribution in [0.1, 0.15) is 9.75 Å². The summed E-state index contributed by atoms with van der Waals surface area (Å²) < 4.78 is 0. The predicted molar refractivity (Wildman–Crippen MR) is 65.0 cm³/mol. The van der Waals surface area contributed by atoms with Gasteiger partial charge in [0, 0.05) is 22.5 Å². The van der Waals surface area contributed by atoms with E-state index < -0.39 is 0 Å². The fourth-order valence-electron chi connectivity index (χ4n) is 1.32. The third kappa shape index (κ3) is 2.70. The maximum absolute atomic E-state index is 5.63. The lowest BCUT2D eigenvalue weighted by Gasteiger charge is -2.04. The lowest BCUT2D eigenvalue weighted by Crippen LogP contribution is -1.98. The molecule has 0 aliphatic heterocycles. The van der Waals surface area contributed by atoms with Crippen LogP contribution < -0.4 is 11.1 Å². The van der Waals surface area contributed by atoms with Crippen molar-refractivity contribution in [3.05, 3.63) is 40.3 Å². The zero-order chi connectivity index (χ0) is 10.7. The standard InChI is InChI=1S/C11H13N3S/c1-8-2-3-11(15-8)7-14-10-4-9(12)5-13-6-10/h2-6,14H,7,12H2,1H3. The Morgan fingerprint density at radius 2 is 2.27 bits per heavy atom. The second-order valence-electron chi connectivity index (χ2n) is 3.37. The van der Waals surface area contributed by atoms with Crippen molar-refractivity contribution in [2.75, 3.05) is 11.1 Å². The first-order chi connectivity index (χ1) is 7.24. The first-order valence-corrected chi connectivity index (χ1v) is 5.55. The summed E-state index contributed by atoms with van der Waals surface area (Å²) >= 11 is 1.80. The number of nitrogens with two attached hydrogens (primary N) is 1. The van der Waals surface area contributed by atoms with Gasteiger partial charge in [0.05, 0.1) is 17.6 Å². The van der Waals surface area contributed by atoms with Crippen LogP contribution in [0.3, 0.4) is 0 Å². The summed E-state index contributed by atoms with van der Waals surface area (Å²) in [6, 6.07) is 6.14. The van der Waals surface area contributed by atoms with Crippen molar-refractivity contribution in [2.45, 2.75) is 13.5 Å². The van der Waals surface area contributed by atoms with E-state index in [-0.39, 0.29) is 0 Å². The van der Waals surface area contributed by atoms with Gasteiger partial charge in [0.15, 0.2) is 0 Å².